The van der Waals surface area contributed by atoms with E-state index in [4.69, 9.17) is 17.3 Å². The molecule has 5 heteroatoms. The molecule has 0 atom stereocenters. The summed E-state index contributed by atoms with van der Waals surface area (Å²) in [5.41, 5.74) is 6.99. The van der Waals surface area contributed by atoms with E-state index in [1.165, 1.54) is 0 Å². The van der Waals surface area contributed by atoms with Crippen LogP contribution in [0.3, 0.4) is 0 Å². The predicted octanol–water partition coefficient (Wildman–Crippen LogP) is 3.01. The molecule has 0 aliphatic heterocycles. The van der Waals surface area contributed by atoms with E-state index in [0.717, 1.165) is 5.56 Å². The van der Waals surface area contributed by atoms with Crippen LogP contribution in [0.1, 0.15) is 22.3 Å². The number of carbonyl (C=O) groups excluding carboxylic acids is 2. The van der Waals surface area contributed by atoms with Crippen LogP contribution in [0, 0.1) is 0 Å². The highest BCUT2D eigenvalue weighted by atomic mass is 35.5. The van der Waals surface area contributed by atoms with Gasteiger partial charge in [0.15, 0.2) is 0 Å². The molecule has 2 rings (SSSR count). The lowest BCUT2D eigenvalue weighted by Gasteiger charge is -2.08. The summed E-state index contributed by atoms with van der Waals surface area (Å²) in [5.74, 6) is -0.746. The van der Waals surface area contributed by atoms with Crippen LogP contribution in [0.15, 0.2) is 48.5 Å². The Kier molecular flexibility index (Phi) is 4.95. The van der Waals surface area contributed by atoms with Crippen molar-refractivity contribution < 1.29 is 9.59 Å². The van der Waals surface area contributed by atoms with Crippen LogP contribution in [0.2, 0.25) is 5.02 Å². The van der Waals surface area contributed by atoms with Crippen LogP contribution in [0.25, 0.3) is 0 Å². The van der Waals surface area contributed by atoms with Gasteiger partial charge in [-0.25, -0.2) is 0 Å². The molecule has 0 heterocycles. The summed E-state index contributed by atoms with van der Waals surface area (Å²) in [6.07, 6.45) is 0.874. The van der Waals surface area contributed by atoms with Crippen molar-refractivity contribution in [3.05, 3.63) is 64.7 Å². The molecule has 0 unspecified atom stereocenters. The summed E-state index contributed by atoms with van der Waals surface area (Å²) in [5, 5.41) is 3.35. The molecule has 0 aliphatic carbocycles. The molecule has 3 N–H and O–H groups in total. The standard InChI is InChI=1S/C16H15ClN2O2/c17-12-5-3-4-11(10-12)8-9-15(20)19-14-7-2-1-6-13(14)16(18)21/h1-7,10H,8-9H2,(H2,18,21)(H,19,20). The topological polar surface area (TPSA) is 72.2 Å². The van der Waals surface area contributed by atoms with Crippen molar-refractivity contribution in [3.8, 4) is 0 Å². The number of nitrogens with one attached hydrogen (secondary N) is 1. The van der Waals surface area contributed by atoms with Gasteiger partial charge >= 0.3 is 0 Å². The van der Waals surface area contributed by atoms with Crippen LogP contribution >= 0.6 is 11.6 Å². The van der Waals surface area contributed by atoms with Gasteiger partial charge in [0.1, 0.15) is 0 Å². The number of halogens is 1. The molecule has 4 nitrogen and oxygen atoms in total. The Labute approximate surface area is 127 Å². The van der Waals surface area contributed by atoms with Crippen molar-refractivity contribution >= 4 is 29.1 Å². The summed E-state index contributed by atoms with van der Waals surface area (Å²) >= 11 is 5.89. The summed E-state index contributed by atoms with van der Waals surface area (Å²) in [4.78, 5) is 23.2. The van der Waals surface area contributed by atoms with Gasteiger partial charge in [0.25, 0.3) is 5.91 Å². The van der Waals surface area contributed by atoms with Gasteiger partial charge in [0.2, 0.25) is 5.91 Å². The smallest absolute Gasteiger partial charge is 0.250 e. The number of anilines is 1. The van der Waals surface area contributed by atoms with E-state index in [2.05, 4.69) is 5.32 Å². The lowest BCUT2D eigenvalue weighted by atomic mass is 10.1. The molecule has 0 bridgehead atoms. The minimum absolute atomic E-state index is 0.177. The quantitative estimate of drug-likeness (QED) is 0.891. The number of aryl methyl sites for hydroxylation is 1. The second-order valence-corrected chi connectivity index (χ2v) is 5.02. The molecule has 0 saturated carbocycles. The number of primary amides is 1. The first kappa shape index (κ1) is 15.1. The van der Waals surface area contributed by atoms with Crippen molar-refractivity contribution in [2.45, 2.75) is 12.8 Å². The molecule has 2 amide bonds. The summed E-state index contributed by atoms with van der Waals surface area (Å²) in [7, 11) is 0. The predicted molar refractivity (Wildman–Crippen MR) is 83.4 cm³/mol. The fraction of sp³-hybridized carbons (Fsp3) is 0.125. The second kappa shape index (κ2) is 6.90. The number of nitrogens with two attached hydrogens (primary N) is 1. The molecule has 0 spiro atoms. The molecule has 0 aliphatic rings. The minimum Gasteiger partial charge on any atom is -0.366 e. The van der Waals surface area contributed by atoms with E-state index in [-0.39, 0.29) is 5.91 Å². The van der Waals surface area contributed by atoms with Gasteiger partial charge in [0, 0.05) is 11.4 Å². The molecule has 108 valence electrons. The molecule has 0 radical (unpaired) electrons. The van der Waals surface area contributed by atoms with Crippen molar-refractivity contribution in [2.24, 2.45) is 5.73 Å². The van der Waals surface area contributed by atoms with Crippen LogP contribution in [-0.2, 0) is 11.2 Å². The third-order valence-corrected chi connectivity index (χ3v) is 3.23. The Morgan fingerprint density at radius 3 is 2.57 bits per heavy atom. The van der Waals surface area contributed by atoms with Crippen LogP contribution in [-0.4, -0.2) is 11.8 Å². The fourth-order valence-electron chi connectivity index (χ4n) is 1.97. The zero-order chi connectivity index (χ0) is 15.2. The maximum atomic E-state index is 11.9. The SMILES string of the molecule is NC(=O)c1ccccc1NC(=O)CCc1cccc(Cl)c1. The number of hydrogen-bond acceptors (Lipinski definition) is 2. The normalized spacial score (nSPS) is 10.1. The highest BCUT2D eigenvalue weighted by Gasteiger charge is 2.10. The monoisotopic (exact) mass is 302 g/mol. The van der Waals surface area contributed by atoms with Gasteiger partial charge < -0.3 is 11.1 Å². The maximum absolute atomic E-state index is 11.9. The van der Waals surface area contributed by atoms with E-state index in [1.807, 2.05) is 18.2 Å². The zero-order valence-electron chi connectivity index (χ0n) is 11.3. The number of hydrogen-bond donors (Lipinski definition) is 2. The highest BCUT2D eigenvalue weighted by molar-refractivity contribution is 6.30. The lowest BCUT2D eigenvalue weighted by Crippen LogP contribution is -2.18. The van der Waals surface area contributed by atoms with Crippen LogP contribution in [0.5, 0.6) is 0 Å². The largest absolute Gasteiger partial charge is 0.366 e. The molecule has 0 aromatic heterocycles. The summed E-state index contributed by atoms with van der Waals surface area (Å²) in [6, 6.07) is 14.0. The average molecular weight is 303 g/mol. The first-order valence-corrected chi connectivity index (χ1v) is 6.87. The van der Waals surface area contributed by atoms with E-state index in [1.54, 1.807) is 30.3 Å². The van der Waals surface area contributed by atoms with Crippen molar-refractivity contribution in [1.29, 1.82) is 0 Å². The fourth-order valence-corrected chi connectivity index (χ4v) is 2.18. The molecule has 2 aromatic rings. The Balaban J connectivity index is 1.98. The Morgan fingerprint density at radius 1 is 1.10 bits per heavy atom. The molecule has 21 heavy (non-hydrogen) atoms. The maximum Gasteiger partial charge on any atom is 0.250 e. The molecular weight excluding hydrogens is 288 g/mol. The van der Waals surface area contributed by atoms with Gasteiger partial charge in [-0.15, -0.1) is 0 Å². The Morgan fingerprint density at radius 2 is 1.86 bits per heavy atom. The Hall–Kier alpha value is -2.33. The van der Waals surface area contributed by atoms with E-state index in [9.17, 15) is 9.59 Å². The van der Waals surface area contributed by atoms with E-state index in [0.29, 0.717) is 29.1 Å². The minimum atomic E-state index is -0.569. The third-order valence-electron chi connectivity index (χ3n) is 3.00. The molecule has 0 fully saturated rings. The number of carbonyl (C=O) groups is 2. The number of rotatable bonds is 5. The first-order valence-electron chi connectivity index (χ1n) is 6.49. The molecular formula is C16H15ClN2O2. The van der Waals surface area contributed by atoms with Gasteiger partial charge in [-0.3, -0.25) is 9.59 Å². The summed E-state index contributed by atoms with van der Waals surface area (Å²) in [6.45, 7) is 0. The van der Waals surface area contributed by atoms with E-state index >= 15 is 0 Å². The van der Waals surface area contributed by atoms with Crippen molar-refractivity contribution in [2.75, 3.05) is 5.32 Å². The van der Waals surface area contributed by atoms with Crippen molar-refractivity contribution in [1.82, 2.24) is 0 Å². The number of amides is 2. The van der Waals surface area contributed by atoms with Gasteiger partial charge in [-0.2, -0.15) is 0 Å². The van der Waals surface area contributed by atoms with E-state index < -0.39 is 5.91 Å². The first-order chi connectivity index (χ1) is 10.1. The highest BCUT2D eigenvalue weighted by Crippen LogP contribution is 2.16. The van der Waals surface area contributed by atoms with Crippen LogP contribution in [0.4, 0.5) is 5.69 Å². The van der Waals surface area contributed by atoms with Gasteiger partial charge in [-0.1, -0.05) is 35.9 Å². The average Bonchev–Trinajstić information content (AvgIpc) is 2.45. The zero-order valence-corrected chi connectivity index (χ0v) is 12.1. The molecule has 0 saturated heterocycles. The number of benzene rings is 2. The second-order valence-electron chi connectivity index (χ2n) is 4.59. The summed E-state index contributed by atoms with van der Waals surface area (Å²) < 4.78 is 0. The van der Waals surface area contributed by atoms with Gasteiger partial charge in [0.05, 0.1) is 11.3 Å². The van der Waals surface area contributed by atoms with Crippen LogP contribution < -0.4 is 11.1 Å². The third kappa shape index (κ3) is 4.33. The van der Waals surface area contributed by atoms with Crippen molar-refractivity contribution in [3.63, 3.8) is 0 Å². The lowest BCUT2D eigenvalue weighted by molar-refractivity contribution is -0.116. The van der Waals surface area contributed by atoms with Gasteiger partial charge in [-0.05, 0) is 36.2 Å². The Bertz CT molecular complexity index is 671. The number of para-hydroxylation sites is 1. The molecule has 2 aromatic carbocycles.